The molecule has 1 heterocycles. The monoisotopic (exact) mass is 276 g/mol. The molecule has 0 amide bonds. The van der Waals surface area contributed by atoms with Crippen molar-refractivity contribution in [2.24, 2.45) is 0 Å². The summed E-state index contributed by atoms with van der Waals surface area (Å²) >= 11 is 1.43. The first-order valence-corrected chi connectivity index (χ1v) is 7.26. The first kappa shape index (κ1) is 14.0. The van der Waals surface area contributed by atoms with Gasteiger partial charge in [-0.15, -0.1) is 5.10 Å². The third kappa shape index (κ3) is 3.75. The van der Waals surface area contributed by atoms with E-state index in [1.165, 1.54) is 22.7 Å². The van der Waals surface area contributed by atoms with Crippen LogP contribution in [-0.4, -0.2) is 28.1 Å². The first-order valence-electron chi connectivity index (χ1n) is 6.49. The number of benzene rings is 1. The second-order valence-corrected chi connectivity index (χ2v) is 5.43. The number of aryl methyl sites for hydroxylation is 1. The number of anilines is 1. The van der Waals surface area contributed by atoms with E-state index >= 15 is 0 Å². The van der Waals surface area contributed by atoms with Crippen LogP contribution in [-0.2, 0) is 13.1 Å². The van der Waals surface area contributed by atoms with Crippen LogP contribution in [0, 0.1) is 6.92 Å². The molecule has 102 valence electrons. The Morgan fingerprint density at radius 1 is 1.26 bits per heavy atom. The van der Waals surface area contributed by atoms with E-state index < -0.39 is 0 Å². The Morgan fingerprint density at radius 2 is 2.05 bits per heavy atom. The summed E-state index contributed by atoms with van der Waals surface area (Å²) in [4.78, 5) is 2.26. The fourth-order valence-electron chi connectivity index (χ4n) is 2.00. The molecule has 1 N–H and O–H groups in total. The molecule has 1 aromatic carbocycles. The summed E-state index contributed by atoms with van der Waals surface area (Å²) < 4.78 is 4.02. The van der Waals surface area contributed by atoms with Crippen molar-refractivity contribution in [1.29, 1.82) is 0 Å². The maximum atomic E-state index is 4.20. The van der Waals surface area contributed by atoms with E-state index in [1.807, 2.05) is 0 Å². The van der Waals surface area contributed by atoms with Crippen molar-refractivity contribution in [1.82, 2.24) is 14.5 Å². The van der Waals surface area contributed by atoms with Crippen molar-refractivity contribution in [2.75, 3.05) is 18.9 Å². The van der Waals surface area contributed by atoms with Gasteiger partial charge in [0.2, 0.25) is 0 Å². The van der Waals surface area contributed by atoms with E-state index in [1.54, 1.807) is 0 Å². The Bertz CT molecular complexity index is 524. The highest BCUT2D eigenvalue weighted by atomic mass is 32.1. The standard InChI is InChI=1S/C14H20N4S/c1-4-15-14-13(16-17-19-14)10-18(3)9-12-8-6-5-7-11(12)2/h5-8,15H,4,9-10H2,1-3H3. The number of hydrogen-bond donors (Lipinski definition) is 1. The molecule has 19 heavy (non-hydrogen) atoms. The number of hydrogen-bond acceptors (Lipinski definition) is 5. The van der Waals surface area contributed by atoms with Crippen LogP contribution in [0.4, 0.5) is 5.00 Å². The quantitative estimate of drug-likeness (QED) is 0.881. The van der Waals surface area contributed by atoms with Crippen molar-refractivity contribution < 1.29 is 0 Å². The third-order valence-electron chi connectivity index (χ3n) is 3.01. The van der Waals surface area contributed by atoms with E-state index in [2.05, 4.69) is 65.0 Å². The fraction of sp³-hybridized carbons (Fsp3) is 0.429. The molecule has 0 saturated carbocycles. The van der Waals surface area contributed by atoms with Crippen LogP contribution in [0.25, 0.3) is 0 Å². The van der Waals surface area contributed by atoms with E-state index in [9.17, 15) is 0 Å². The van der Waals surface area contributed by atoms with Gasteiger partial charge >= 0.3 is 0 Å². The van der Waals surface area contributed by atoms with Gasteiger partial charge in [0.05, 0.1) is 0 Å². The maximum absolute atomic E-state index is 4.20. The fourth-order valence-corrected chi connectivity index (χ4v) is 2.64. The molecule has 1 aromatic heterocycles. The summed E-state index contributed by atoms with van der Waals surface area (Å²) in [5, 5.41) is 8.59. The van der Waals surface area contributed by atoms with Crippen LogP contribution >= 0.6 is 11.5 Å². The normalized spacial score (nSPS) is 10.9. The van der Waals surface area contributed by atoms with Crippen LogP contribution in [0.1, 0.15) is 23.7 Å². The topological polar surface area (TPSA) is 41.1 Å². The smallest absolute Gasteiger partial charge is 0.134 e. The zero-order valence-electron chi connectivity index (χ0n) is 11.7. The summed E-state index contributed by atoms with van der Waals surface area (Å²) in [7, 11) is 2.11. The van der Waals surface area contributed by atoms with Crippen LogP contribution in [0.3, 0.4) is 0 Å². The molecule has 0 saturated heterocycles. The zero-order chi connectivity index (χ0) is 13.7. The summed E-state index contributed by atoms with van der Waals surface area (Å²) in [5.74, 6) is 0. The van der Waals surface area contributed by atoms with Crippen molar-refractivity contribution in [2.45, 2.75) is 26.9 Å². The number of aromatic nitrogens is 2. The summed E-state index contributed by atoms with van der Waals surface area (Å²) in [6.45, 7) is 6.87. The Kier molecular flexibility index (Phi) is 4.87. The largest absolute Gasteiger partial charge is 0.374 e. The highest BCUT2D eigenvalue weighted by Gasteiger charge is 2.10. The van der Waals surface area contributed by atoms with Gasteiger partial charge in [-0.2, -0.15) is 0 Å². The first-order chi connectivity index (χ1) is 9.20. The lowest BCUT2D eigenvalue weighted by Gasteiger charge is -2.17. The number of rotatable bonds is 6. The molecule has 4 nitrogen and oxygen atoms in total. The molecular weight excluding hydrogens is 256 g/mol. The van der Waals surface area contributed by atoms with Crippen LogP contribution in [0.15, 0.2) is 24.3 Å². The molecule has 0 bridgehead atoms. The molecule has 0 aliphatic carbocycles. The van der Waals surface area contributed by atoms with Crippen LogP contribution in [0.2, 0.25) is 0 Å². The molecule has 0 aliphatic heterocycles. The van der Waals surface area contributed by atoms with Crippen molar-refractivity contribution >= 4 is 16.5 Å². The summed E-state index contributed by atoms with van der Waals surface area (Å²) in [6, 6.07) is 8.49. The van der Waals surface area contributed by atoms with Gasteiger partial charge in [-0.1, -0.05) is 28.8 Å². The molecule has 0 fully saturated rings. The minimum absolute atomic E-state index is 0.813. The Hall–Kier alpha value is -1.46. The van der Waals surface area contributed by atoms with Gasteiger partial charge in [-0.3, -0.25) is 4.90 Å². The molecule has 2 aromatic rings. The van der Waals surface area contributed by atoms with Gasteiger partial charge in [0.15, 0.2) is 0 Å². The van der Waals surface area contributed by atoms with E-state index in [4.69, 9.17) is 0 Å². The molecule has 0 spiro atoms. The molecule has 0 unspecified atom stereocenters. The van der Waals surface area contributed by atoms with Crippen LogP contribution < -0.4 is 5.32 Å². The van der Waals surface area contributed by atoms with Gasteiger partial charge < -0.3 is 5.32 Å². The van der Waals surface area contributed by atoms with Crippen molar-refractivity contribution in [3.8, 4) is 0 Å². The van der Waals surface area contributed by atoms with Gasteiger partial charge in [0.25, 0.3) is 0 Å². The van der Waals surface area contributed by atoms with E-state index in [0.29, 0.717) is 0 Å². The molecular formula is C14H20N4S. The second-order valence-electron chi connectivity index (χ2n) is 4.68. The SMILES string of the molecule is CCNc1snnc1CN(C)Cc1ccccc1C. The average molecular weight is 276 g/mol. The lowest BCUT2D eigenvalue weighted by Crippen LogP contribution is -2.18. The summed E-state index contributed by atoms with van der Waals surface area (Å²) in [6.07, 6.45) is 0. The predicted octanol–water partition coefficient (Wildman–Crippen LogP) is 2.91. The van der Waals surface area contributed by atoms with E-state index in [-0.39, 0.29) is 0 Å². The van der Waals surface area contributed by atoms with Gasteiger partial charge in [-0.05, 0) is 32.0 Å². The highest BCUT2D eigenvalue weighted by molar-refractivity contribution is 7.10. The van der Waals surface area contributed by atoms with Crippen molar-refractivity contribution in [3.05, 3.63) is 41.1 Å². The third-order valence-corrected chi connectivity index (χ3v) is 3.74. The predicted molar refractivity (Wildman–Crippen MR) is 80.4 cm³/mol. The minimum Gasteiger partial charge on any atom is -0.374 e. The second kappa shape index (κ2) is 6.63. The van der Waals surface area contributed by atoms with Gasteiger partial charge in [-0.25, -0.2) is 0 Å². The van der Waals surface area contributed by atoms with Gasteiger partial charge in [0, 0.05) is 31.2 Å². The number of nitrogens with zero attached hydrogens (tertiary/aromatic N) is 3. The van der Waals surface area contributed by atoms with Crippen LogP contribution in [0.5, 0.6) is 0 Å². The summed E-state index contributed by atoms with van der Waals surface area (Å²) in [5.41, 5.74) is 3.72. The minimum atomic E-state index is 0.813. The highest BCUT2D eigenvalue weighted by Crippen LogP contribution is 2.19. The van der Waals surface area contributed by atoms with E-state index in [0.717, 1.165) is 30.3 Å². The van der Waals surface area contributed by atoms with Gasteiger partial charge in [0.1, 0.15) is 10.7 Å². The molecule has 5 heteroatoms. The van der Waals surface area contributed by atoms with Crippen molar-refractivity contribution in [3.63, 3.8) is 0 Å². The Balaban J connectivity index is 1.99. The lowest BCUT2D eigenvalue weighted by atomic mass is 10.1. The maximum Gasteiger partial charge on any atom is 0.134 e. The Labute approximate surface area is 118 Å². The molecule has 0 aliphatic rings. The zero-order valence-corrected chi connectivity index (χ0v) is 12.5. The molecule has 2 rings (SSSR count). The average Bonchev–Trinajstić information content (AvgIpc) is 2.80. The molecule has 0 atom stereocenters. The number of nitrogens with one attached hydrogen (secondary N) is 1. The lowest BCUT2D eigenvalue weighted by molar-refractivity contribution is 0.315. The Morgan fingerprint density at radius 3 is 2.79 bits per heavy atom. The molecule has 0 radical (unpaired) electrons.